The van der Waals surface area contributed by atoms with E-state index in [0.29, 0.717) is 25.9 Å². The first-order valence-electron chi connectivity index (χ1n) is 11.4. The minimum Gasteiger partial charge on any atom is -0.332 e. The normalized spacial score (nSPS) is 17.5. The van der Waals surface area contributed by atoms with Gasteiger partial charge in [0.05, 0.1) is 0 Å². The molecule has 32 heavy (non-hydrogen) atoms. The maximum absolute atomic E-state index is 13.3. The van der Waals surface area contributed by atoms with E-state index in [9.17, 15) is 14.4 Å². The van der Waals surface area contributed by atoms with Gasteiger partial charge in [-0.3, -0.25) is 19.5 Å². The lowest BCUT2D eigenvalue weighted by atomic mass is 9.82. The predicted molar refractivity (Wildman–Crippen MR) is 120 cm³/mol. The minimum absolute atomic E-state index is 0.250. The number of pyridine rings is 1. The summed E-state index contributed by atoms with van der Waals surface area (Å²) in [7, 11) is 0. The lowest BCUT2D eigenvalue weighted by Gasteiger charge is -2.30. The van der Waals surface area contributed by atoms with Gasteiger partial charge in [-0.2, -0.15) is 0 Å². The van der Waals surface area contributed by atoms with Gasteiger partial charge < -0.3 is 10.2 Å². The Labute approximate surface area is 188 Å². The van der Waals surface area contributed by atoms with Crippen LogP contribution in [0, 0.1) is 0 Å². The molecule has 1 aliphatic heterocycles. The highest BCUT2D eigenvalue weighted by atomic mass is 16.2. The van der Waals surface area contributed by atoms with Crippen LogP contribution in [-0.2, 0) is 29.1 Å². The number of rotatable bonds is 7. The van der Waals surface area contributed by atoms with E-state index in [-0.39, 0.29) is 18.4 Å². The van der Waals surface area contributed by atoms with Crippen molar-refractivity contribution in [3.63, 3.8) is 0 Å². The Kier molecular flexibility index (Phi) is 6.53. The first-order chi connectivity index (χ1) is 15.5. The summed E-state index contributed by atoms with van der Waals surface area (Å²) in [5.41, 5.74) is 2.31. The average Bonchev–Trinajstić information content (AvgIpc) is 3.04. The number of nitrogens with zero attached hydrogens (tertiary/aromatic N) is 3. The summed E-state index contributed by atoms with van der Waals surface area (Å²) in [5, 5.41) is 2.88. The zero-order valence-corrected chi connectivity index (χ0v) is 18.5. The summed E-state index contributed by atoms with van der Waals surface area (Å²) in [6, 6.07) is 11.5. The van der Waals surface area contributed by atoms with Crippen LogP contribution in [-0.4, -0.2) is 44.7 Å². The van der Waals surface area contributed by atoms with Gasteiger partial charge in [0, 0.05) is 25.5 Å². The molecule has 0 unspecified atom stereocenters. The largest absolute Gasteiger partial charge is 0.332 e. The molecule has 2 aliphatic rings. The SMILES string of the molecule is CCc1ccc(CN(Cc2cccnc2)C(=O)CN2C(=O)NC3(CCCCC3)C2=O)cc1. The van der Waals surface area contributed by atoms with Gasteiger partial charge in [-0.05, 0) is 42.0 Å². The standard InChI is InChI=1S/C25H30N4O3/c1-2-19-8-10-20(11-9-19)16-28(17-21-7-6-14-26-15-21)22(30)18-29-23(31)25(27-24(29)32)12-4-3-5-13-25/h6-11,14-15H,2-5,12-13,16-18H2,1H3,(H,27,32). The topological polar surface area (TPSA) is 82.6 Å². The molecule has 0 bridgehead atoms. The Bertz CT molecular complexity index is 968. The van der Waals surface area contributed by atoms with E-state index in [4.69, 9.17) is 0 Å². The fraction of sp³-hybridized carbons (Fsp3) is 0.440. The second-order valence-electron chi connectivity index (χ2n) is 8.75. The molecule has 0 radical (unpaired) electrons. The fourth-order valence-electron chi connectivity index (χ4n) is 4.59. The van der Waals surface area contributed by atoms with Crippen molar-refractivity contribution >= 4 is 17.8 Å². The van der Waals surface area contributed by atoms with Crippen LogP contribution in [0.1, 0.15) is 55.7 Å². The molecule has 2 fully saturated rings. The highest BCUT2D eigenvalue weighted by Crippen LogP contribution is 2.33. The van der Waals surface area contributed by atoms with Gasteiger partial charge in [0.2, 0.25) is 5.91 Å². The zero-order valence-electron chi connectivity index (χ0n) is 18.5. The third-order valence-electron chi connectivity index (χ3n) is 6.50. The van der Waals surface area contributed by atoms with Gasteiger partial charge in [-0.15, -0.1) is 0 Å². The van der Waals surface area contributed by atoms with Gasteiger partial charge in [0.15, 0.2) is 0 Å². The quantitative estimate of drug-likeness (QED) is 0.677. The summed E-state index contributed by atoms with van der Waals surface area (Å²) in [6.45, 7) is 2.60. The number of carbonyl (C=O) groups is 3. The molecule has 7 heteroatoms. The van der Waals surface area contributed by atoms with Crippen molar-refractivity contribution in [3.8, 4) is 0 Å². The van der Waals surface area contributed by atoms with Crippen LogP contribution in [0.3, 0.4) is 0 Å². The number of benzene rings is 1. The van der Waals surface area contributed by atoms with Crippen LogP contribution in [0.15, 0.2) is 48.8 Å². The number of imide groups is 1. The highest BCUT2D eigenvalue weighted by molar-refractivity contribution is 6.09. The summed E-state index contributed by atoms with van der Waals surface area (Å²) in [5.74, 6) is -0.519. The number of aromatic nitrogens is 1. The number of carbonyl (C=O) groups excluding carboxylic acids is 3. The molecule has 4 amide bonds. The number of nitrogens with one attached hydrogen (secondary N) is 1. The highest BCUT2D eigenvalue weighted by Gasteiger charge is 2.51. The first-order valence-corrected chi connectivity index (χ1v) is 11.4. The van der Waals surface area contributed by atoms with Gasteiger partial charge >= 0.3 is 6.03 Å². The zero-order chi connectivity index (χ0) is 22.6. The van der Waals surface area contributed by atoms with E-state index in [0.717, 1.165) is 41.7 Å². The monoisotopic (exact) mass is 434 g/mol. The Balaban J connectivity index is 1.51. The number of hydrogen-bond acceptors (Lipinski definition) is 4. The number of hydrogen-bond donors (Lipinski definition) is 1. The third kappa shape index (κ3) is 4.66. The molecule has 168 valence electrons. The predicted octanol–water partition coefficient (Wildman–Crippen LogP) is 3.43. The van der Waals surface area contributed by atoms with Crippen LogP contribution < -0.4 is 5.32 Å². The van der Waals surface area contributed by atoms with Crippen LogP contribution in [0.5, 0.6) is 0 Å². The second kappa shape index (κ2) is 9.51. The Morgan fingerprint density at radius 2 is 1.72 bits per heavy atom. The number of amides is 4. The molecule has 0 atom stereocenters. The molecule has 4 rings (SSSR count). The second-order valence-corrected chi connectivity index (χ2v) is 8.75. The van der Waals surface area contributed by atoms with Crippen molar-refractivity contribution in [1.29, 1.82) is 0 Å². The summed E-state index contributed by atoms with van der Waals surface area (Å²) < 4.78 is 0. The summed E-state index contributed by atoms with van der Waals surface area (Å²) in [6.07, 6.45) is 8.55. The molecule has 1 spiro atoms. The molecule has 1 aromatic heterocycles. The Morgan fingerprint density at radius 3 is 2.38 bits per heavy atom. The van der Waals surface area contributed by atoms with E-state index >= 15 is 0 Å². The van der Waals surface area contributed by atoms with Gasteiger partial charge in [-0.25, -0.2) is 4.79 Å². The van der Waals surface area contributed by atoms with Gasteiger partial charge in [0.1, 0.15) is 12.1 Å². The van der Waals surface area contributed by atoms with Crippen LogP contribution >= 0.6 is 0 Å². The molecular formula is C25H30N4O3. The Morgan fingerprint density at radius 1 is 1.03 bits per heavy atom. The van der Waals surface area contributed by atoms with E-state index in [1.54, 1.807) is 17.3 Å². The molecule has 1 N–H and O–H groups in total. The van der Waals surface area contributed by atoms with E-state index in [1.807, 2.05) is 24.3 Å². The van der Waals surface area contributed by atoms with E-state index < -0.39 is 11.6 Å². The van der Waals surface area contributed by atoms with Crippen molar-refractivity contribution in [1.82, 2.24) is 20.1 Å². The smallest absolute Gasteiger partial charge is 0.325 e. The van der Waals surface area contributed by atoms with Gasteiger partial charge in [0.25, 0.3) is 5.91 Å². The molecule has 2 heterocycles. The van der Waals surface area contributed by atoms with Crippen molar-refractivity contribution in [2.24, 2.45) is 0 Å². The molecule has 1 saturated heterocycles. The van der Waals surface area contributed by atoms with Crippen molar-refractivity contribution in [2.45, 2.75) is 64.1 Å². The van der Waals surface area contributed by atoms with Crippen LogP contribution in [0.4, 0.5) is 4.79 Å². The maximum atomic E-state index is 13.3. The minimum atomic E-state index is -0.820. The lowest BCUT2D eigenvalue weighted by molar-refractivity contribution is -0.140. The average molecular weight is 435 g/mol. The van der Waals surface area contributed by atoms with Crippen molar-refractivity contribution < 1.29 is 14.4 Å². The Hall–Kier alpha value is -3.22. The van der Waals surface area contributed by atoms with Gasteiger partial charge in [-0.1, -0.05) is 56.5 Å². The lowest BCUT2D eigenvalue weighted by Crippen LogP contribution is -2.49. The first kappa shape index (κ1) is 22.0. The summed E-state index contributed by atoms with van der Waals surface area (Å²) >= 11 is 0. The number of urea groups is 1. The molecule has 7 nitrogen and oxygen atoms in total. The molecule has 1 saturated carbocycles. The van der Waals surface area contributed by atoms with E-state index in [1.165, 1.54) is 5.56 Å². The molecule has 1 aromatic carbocycles. The van der Waals surface area contributed by atoms with Crippen molar-refractivity contribution in [2.75, 3.05) is 6.54 Å². The van der Waals surface area contributed by atoms with Crippen LogP contribution in [0.2, 0.25) is 0 Å². The molecule has 2 aromatic rings. The van der Waals surface area contributed by atoms with E-state index in [2.05, 4.69) is 29.4 Å². The number of aryl methyl sites for hydroxylation is 1. The van der Waals surface area contributed by atoms with Crippen LogP contribution in [0.25, 0.3) is 0 Å². The molecular weight excluding hydrogens is 404 g/mol. The maximum Gasteiger partial charge on any atom is 0.325 e. The molecule has 1 aliphatic carbocycles. The fourth-order valence-corrected chi connectivity index (χ4v) is 4.59. The van der Waals surface area contributed by atoms with Crippen molar-refractivity contribution in [3.05, 3.63) is 65.5 Å². The third-order valence-corrected chi connectivity index (χ3v) is 6.50. The summed E-state index contributed by atoms with van der Waals surface area (Å²) in [4.78, 5) is 46.0.